The fourth-order valence-electron chi connectivity index (χ4n) is 5.93. The van der Waals surface area contributed by atoms with Crippen molar-refractivity contribution < 1.29 is 32.6 Å². The molecule has 1 aromatic heterocycles. The lowest BCUT2D eigenvalue weighted by Gasteiger charge is -2.29. The van der Waals surface area contributed by atoms with Gasteiger partial charge in [0, 0.05) is 43.1 Å². The van der Waals surface area contributed by atoms with E-state index in [1.807, 2.05) is 6.07 Å². The molecule has 3 aliphatic heterocycles. The molecule has 4 heterocycles. The molecule has 0 saturated carbocycles. The summed E-state index contributed by atoms with van der Waals surface area (Å²) in [6.45, 7) is 1.24. The Labute approximate surface area is 266 Å². The quantitative estimate of drug-likeness (QED) is 0.229. The van der Waals surface area contributed by atoms with Crippen LogP contribution in [0.2, 0.25) is 5.02 Å². The summed E-state index contributed by atoms with van der Waals surface area (Å²) >= 11 is 5.98. The topological polar surface area (TPSA) is 135 Å². The first kappa shape index (κ1) is 29.8. The van der Waals surface area contributed by atoms with Gasteiger partial charge >= 0.3 is 0 Å². The Morgan fingerprint density at radius 1 is 1.07 bits per heavy atom. The van der Waals surface area contributed by atoms with Crippen molar-refractivity contribution in [2.75, 3.05) is 23.8 Å². The van der Waals surface area contributed by atoms with Crippen LogP contribution in [0, 0.1) is 11.6 Å². The molecule has 7 rings (SSSR count). The maximum Gasteiger partial charge on any atom is 0.258 e. The van der Waals surface area contributed by atoms with Gasteiger partial charge in [-0.25, -0.2) is 18.7 Å². The van der Waals surface area contributed by atoms with Gasteiger partial charge in [-0.2, -0.15) is 0 Å². The van der Waals surface area contributed by atoms with Gasteiger partial charge in [0.1, 0.15) is 41.7 Å². The number of halogens is 3. The zero-order valence-electron chi connectivity index (χ0n) is 24.2. The Balaban J connectivity index is 1.17. The number of rotatable bonds is 8. The monoisotopic (exact) mass is 648 g/mol. The molecule has 3 aliphatic rings. The smallest absolute Gasteiger partial charge is 0.258 e. The Morgan fingerprint density at radius 2 is 1.93 bits per heavy atom. The fraction of sp³-hybridized carbons (Fsp3) is 0.281. The number of nitrogens with one attached hydrogen (secondary N) is 3. The number of nitrogens with zero attached hydrogens (tertiary/aromatic N) is 3. The molecule has 3 N–H and O–H groups in total. The maximum atomic E-state index is 15.4. The Morgan fingerprint density at radius 3 is 2.72 bits per heavy atom. The Hall–Kier alpha value is -4.88. The predicted octanol–water partition coefficient (Wildman–Crippen LogP) is 4.85. The molecule has 14 heteroatoms. The zero-order valence-corrected chi connectivity index (χ0v) is 25.0. The van der Waals surface area contributed by atoms with E-state index < -0.39 is 35.4 Å². The van der Waals surface area contributed by atoms with Gasteiger partial charge in [-0.3, -0.25) is 19.7 Å². The molecule has 0 radical (unpaired) electrons. The van der Waals surface area contributed by atoms with Gasteiger partial charge in [-0.15, -0.1) is 0 Å². The van der Waals surface area contributed by atoms with E-state index in [-0.39, 0.29) is 42.6 Å². The first-order chi connectivity index (χ1) is 22.2. The number of benzene rings is 3. The SMILES string of the molecule is O=C1CCC(N2Cc3cc(CNc4cc5c(Nc6ccc(F)c(Cl)c6)ncnc5cc4O[C@H]4CCOC4)cc(F)c3C2=O)C(=O)N1. The minimum Gasteiger partial charge on any atom is -0.486 e. The van der Waals surface area contributed by atoms with Crippen LogP contribution in [-0.2, 0) is 27.4 Å². The van der Waals surface area contributed by atoms with Crippen LogP contribution < -0.4 is 20.7 Å². The third-order valence-electron chi connectivity index (χ3n) is 8.22. The third-order valence-corrected chi connectivity index (χ3v) is 8.51. The molecule has 3 amide bonds. The first-order valence-electron chi connectivity index (χ1n) is 14.7. The van der Waals surface area contributed by atoms with E-state index in [9.17, 15) is 18.8 Å². The lowest BCUT2D eigenvalue weighted by molar-refractivity contribution is -0.136. The summed E-state index contributed by atoms with van der Waals surface area (Å²) in [5.41, 5.74) is 2.64. The molecule has 4 aromatic rings. The summed E-state index contributed by atoms with van der Waals surface area (Å²) in [6, 6.07) is 10.0. The number of aromatic nitrogens is 2. The standard InChI is InChI=1S/C32H27ClF2N6O5/c33-21-9-18(1-2-22(21)34)39-30-20-10-25(27(11-24(20)37-15-38-30)46-19-5-6-45-14-19)36-12-16-7-17-13-41(32(44)29(17)23(35)8-16)26-3-4-28(42)40-31(26)43/h1-2,7-11,15,19,26,36H,3-6,12-14H2,(H,37,38,39)(H,40,42,43)/t19-,26?/m0/s1. The normalized spacial score (nSPS) is 19.4. The van der Waals surface area contributed by atoms with Crippen LogP contribution in [0.25, 0.3) is 10.9 Å². The van der Waals surface area contributed by atoms with Gasteiger partial charge in [-0.05, 0) is 47.9 Å². The second-order valence-electron chi connectivity index (χ2n) is 11.3. The molecular weight excluding hydrogens is 622 g/mol. The van der Waals surface area contributed by atoms with E-state index in [4.69, 9.17) is 21.1 Å². The average molecular weight is 649 g/mol. The zero-order chi connectivity index (χ0) is 31.9. The summed E-state index contributed by atoms with van der Waals surface area (Å²) in [6.07, 6.45) is 2.24. The van der Waals surface area contributed by atoms with Gasteiger partial charge < -0.3 is 25.0 Å². The summed E-state index contributed by atoms with van der Waals surface area (Å²) in [7, 11) is 0. The number of ether oxygens (including phenoxy) is 2. The molecule has 236 valence electrons. The van der Waals surface area contributed by atoms with Crippen LogP contribution in [0.5, 0.6) is 5.75 Å². The lowest BCUT2D eigenvalue weighted by atomic mass is 10.0. The predicted molar refractivity (Wildman–Crippen MR) is 164 cm³/mol. The molecule has 1 unspecified atom stereocenters. The minimum atomic E-state index is -0.841. The molecule has 0 bridgehead atoms. The highest BCUT2D eigenvalue weighted by molar-refractivity contribution is 6.31. The third kappa shape index (κ3) is 5.79. The largest absolute Gasteiger partial charge is 0.486 e. The highest BCUT2D eigenvalue weighted by Gasteiger charge is 2.40. The van der Waals surface area contributed by atoms with Crippen molar-refractivity contribution >= 4 is 57.4 Å². The summed E-state index contributed by atoms with van der Waals surface area (Å²) in [4.78, 5) is 47.2. The highest BCUT2D eigenvalue weighted by Crippen LogP contribution is 2.36. The maximum absolute atomic E-state index is 15.4. The van der Waals surface area contributed by atoms with Crippen LogP contribution >= 0.6 is 11.6 Å². The molecule has 2 saturated heterocycles. The molecule has 46 heavy (non-hydrogen) atoms. The fourth-order valence-corrected chi connectivity index (χ4v) is 6.12. The second-order valence-corrected chi connectivity index (χ2v) is 11.7. The van der Waals surface area contributed by atoms with Crippen molar-refractivity contribution in [2.24, 2.45) is 0 Å². The highest BCUT2D eigenvalue weighted by atomic mass is 35.5. The molecule has 11 nitrogen and oxygen atoms in total. The molecule has 3 aromatic carbocycles. The van der Waals surface area contributed by atoms with Crippen LogP contribution in [0.15, 0.2) is 48.8 Å². The molecular formula is C32H27ClF2N6O5. The van der Waals surface area contributed by atoms with Gasteiger partial charge in [-0.1, -0.05) is 17.7 Å². The van der Waals surface area contributed by atoms with E-state index in [0.29, 0.717) is 64.6 Å². The number of fused-ring (bicyclic) bond motifs is 2. The van der Waals surface area contributed by atoms with Crippen LogP contribution in [0.3, 0.4) is 0 Å². The number of amides is 3. The van der Waals surface area contributed by atoms with E-state index >= 15 is 4.39 Å². The van der Waals surface area contributed by atoms with Crippen LogP contribution in [0.4, 0.5) is 26.0 Å². The summed E-state index contributed by atoms with van der Waals surface area (Å²) < 4.78 is 40.9. The Kier molecular flexibility index (Phi) is 7.87. The number of hydrogen-bond donors (Lipinski definition) is 3. The molecule has 0 spiro atoms. The van der Waals surface area contributed by atoms with Gasteiger partial charge in [0.05, 0.1) is 35.0 Å². The number of hydrogen-bond acceptors (Lipinski definition) is 9. The molecule has 2 atom stereocenters. The Bertz CT molecular complexity index is 1900. The minimum absolute atomic E-state index is 0.0382. The lowest BCUT2D eigenvalue weighted by Crippen LogP contribution is -2.52. The van der Waals surface area contributed by atoms with Crippen LogP contribution in [-0.4, -0.2) is 57.9 Å². The van der Waals surface area contributed by atoms with Gasteiger partial charge in [0.15, 0.2) is 0 Å². The van der Waals surface area contributed by atoms with Crippen LogP contribution in [0.1, 0.15) is 40.7 Å². The van der Waals surface area contributed by atoms with E-state index in [1.165, 1.54) is 29.4 Å². The van der Waals surface area contributed by atoms with Crippen molar-refractivity contribution in [1.29, 1.82) is 0 Å². The van der Waals surface area contributed by atoms with Crippen molar-refractivity contribution in [3.05, 3.63) is 82.1 Å². The summed E-state index contributed by atoms with van der Waals surface area (Å²) in [5.74, 6) is -1.80. The number of piperidine rings is 1. The van der Waals surface area contributed by atoms with Gasteiger partial charge in [0.25, 0.3) is 5.91 Å². The summed E-state index contributed by atoms with van der Waals surface area (Å²) in [5, 5.41) is 9.34. The van der Waals surface area contributed by atoms with E-state index in [0.717, 1.165) is 0 Å². The van der Waals surface area contributed by atoms with E-state index in [1.54, 1.807) is 18.2 Å². The number of imide groups is 1. The number of carbonyl (C=O) groups excluding carboxylic acids is 3. The van der Waals surface area contributed by atoms with Crippen molar-refractivity contribution in [3.8, 4) is 5.75 Å². The van der Waals surface area contributed by atoms with Crippen molar-refractivity contribution in [1.82, 2.24) is 20.2 Å². The molecule has 0 aliphatic carbocycles. The average Bonchev–Trinajstić information content (AvgIpc) is 3.66. The van der Waals surface area contributed by atoms with E-state index in [2.05, 4.69) is 25.9 Å². The number of carbonyl (C=O) groups is 3. The number of anilines is 3. The molecule has 2 fully saturated rings. The second kappa shape index (κ2) is 12.1. The van der Waals surface area contributed by atoms with Crippen molar-refractivity contribution in [3.63, 3.8) is 0 Å². The first-order valence-corrected chi connectivity index (χ1v) is 15.1. The van der Waals surface area contributed by atoms with Crippen molar-refractivity contribution in [2.45, 2.75) is 44.5 Å². The van der Waals surface area contributed by atoms with Gasteiger partial charge in [0.2, 0.25) is 11.8 Å².